The van der Waals surface area contributed by atoms with E-state index in [0.717, 1.165) is 6.07 Å². The number of rotatable bonds is 5. The van der Waals surface area contributed by atoms with Crippen molar-refractivity contribution < 1.29 is 24.6 Å². The second kappa shape index (κ2) is 7.08. The summed E-state index contributed by atoms with van der Waals surface area (Å²) in [5.74, 6) is -2.44. The summed E-state index contributed by atoms with van der Waals surface area (Å²) in [4.78, 5) is 33.6. The molecule has 1 rings (SSSR count). The van der Waals surface area contributed by atoms with E-state index in [1.807, 2.05) is 22.6 Å². The molecule has 108 valence electrons. The Morgan fingerprint density at radius 3 is 2.50 bits per heavy atom. The summed E-state index contributed by atoms with van der Waals surface area (Å²) in [6, 6.07) is 2.93. The molecule has 0 aromatic heterocycles. The van der Waals surface area contributed by atoms with Crippen LogP contribution in [0.5, 0.6) is 5.75 Å². The normalized spacial score (nSPS) is 11.5. The van der Waals surface area contributed by atoms with Crippen LogP contribution >= 0.6 is 22.6 Å². The second-order valence-corrected chi connectivity index (χ2v) is 4.71. The van der Waals surface area contributed by atoms with Crippen LogP contribution in [0.2, 0.25) is 0 Å². The number of hydrogen-bond acceptors (Lipinski definition) is 4. The van der Waals surface area contributed by atoms with Gasteiger partial charge >= 0.3 is 5.97 Å². The van der Waals surface area contributed by atoms with Gasteiger partial charge in [-0.05, 0) is 19.1 Å². The predicted octanol–water partition coefficient (Wildman–Crippen LogP) is 0.969. The molecule has 1 atom stereocenters. The highest BCUT2D eigenvalue weighted by Gasteiger charge is 2.16. The van der Waals surface area contributed by atoms with E-state index in [0.29, 0.717) is 0 Å². The molecular weight excluding hydrogens is 379 g/mol. The Labute approximate surface area is 128 Å². The summed E-state index contributed by atoms with van der Waals surface area (Å²) in [5.41, 5.74) is -0.0117. The first-order chi connectivity index (χ1) is 9.35. The van der Waals surface area contributed by atoms with Gasteiger partial charge in [-0.1, -0.05) is 22.6 Å². The number of aromatic carboxylic acids is 1. The van der Waals surface area contributed by atoms with E-state index < -0.39 is 23.7 Å². The van der Waals surface area contributed by atoms with Crippen molar-refractivity contribution in [2.75, 3.05) is 9.74 Å². The Hall–Kier alpha value is -1.84. The first-order valence-corrected chi connectivity index (χ1v) is 7.10. The number of halogens is 1. The SMILES string of the molecule is CC(NC(=O)CI)C(=O)Nc1ccc(C(=O)O)c(O)c1. The molecule has 1 unspecified atom stereocenters. The number of amides is 2. The van der Waals surface area contributed by atoms with E-state index in [9.17, 15) is 19.5 Å². The number of hydrogen-bond donors (Lipinski definition) is 4. The Kier molecular flexibility index (Phi) is 5.74. The van der Waals surface area contributed by atoms with Crippen molar-refractivity contribution in [1.82, 2.24) is 5.32 Å². The molecule has 0 fully saturated rings. The molecule has 0 heterocycles. The molecule has 0 spiro atoms. The lowest BCUT2D eigenvalue weighted by molar-refractivity contribution is -0.124. The topological polar surface area (TPSA) is 116 Å². The number of phenols is 1. The quantitative estimate of drug-likeness (QED) is 0.440. The van der Waals surface area contributed by atoms with Crippen LogP contribution in [-0.4, -0.2) is 38.5 Å². The van der Waals surface area contributed by atoms with Crippen LogP contribution in [0.25, 0.3) is 0 Å². The zero-order valence-corrected chi connectivity index (χ0v) is 12.7. The fourth-order valence-electron chi connectivity index (χ4n) is 1.39. The number of carboxylic acids is 1. The Morgan fingerprint density at radius 1 is 1.35 bits per heavy atom. The molecule has 20 heavy (non-hydrogen) atoms. The number of aromatic hydroxyl groups is 1. The van der Waals surface area contributed by atoms with E-state index in [4.69, 9.17) is 5.11 Å². The van der Waals surface area contributed by atoms with Gasteiger partial charge < -0.3 is 20.8 Å². The molecule has 4 N–H and O–H groups in total. The zero-order valence-electron chi connectivity index (χ0n) is 10.5. The lowest BCUT2D eigenvalue weighted by Gasteiger charge is -2.13. The van der Waals surface area contributed by atoms with Gasteiger partial charge in [-0.15, -0.1) is 0 Å². The van der Waals surface area contributed by atoms with Crippen LogP contribution in [0.1, 0.15) is 17.3 Å². The van der Waals surface area contributed by atoms with Crippen molar-refractivity contribution in [1.29, 1.82) is 0 Å². The number of carboxylic acid groups (broad SMARTS) is 1. The smallest absolute Gasteiger partial charge is 0.339 e. The Morgan fingerprint density at radius 2 is 2.00 bits per heavy atom. The van der Waals surface area contributed by atoms with E-state index in [2.05, 4.69) is 10.6 Å². The van der Waals surface area contributed by atoms with Gasteiger partial charge in [0.15, 0.2) is 0 Å². The fourth-order valence-corrected chi connectivity index (χ4v) is 1.61. The summed E-state index contributed by atoms with van der Waals surface area (Å²) in [5, 5.41) is 23.2. The number of carbonyl (C=O) groups is 3. The van der Waals surface area contributed by atoms with Crippen LogP contribution < -0.4 is 10.6 Å². The highest BCUT2D eigenvalue weighted by molar-refractivity contribution is 14.1. The zero-order chi connectivity index (χ0) is 15.3. The molecule has 0 aliphatic rings. The van der Waals surface area contributed by atoms with Gasteiger partial charge in [0.25, 0.3) is 0 Å². The molecule has 1 aromatic rings. The van der Waals surface area contributed by atoms with Crippen LogP contribution in [0.4, 0.5) is 5.69 Å². The maximum absolute atomic E-state index is 11.8. The van der Waals surface area contributed by atoms with Crippen molar-refractivity contribution in [3.8, 4) is 5.75 Å². The van der Waals surface area contributed by atoms with E-state index in [-0.39, 0.29) is 21.6 Å². The summed E-state index contributed by atoms with van der Waals surface area (Å²) in [7, 11) is 0. The first kappa shape index (κ1) is 16.2. The van der Waals surface area contributed by atoms with Crippen molar-refractivity contribution in [3.05, 3.63) is 23.8 Å². The molecule has 7 nitrogen and oxygen atoms in total. The van der Waals surface area contributed by atoms with Gasteiger partial charge in [0.1, 0.15) is 17.4 Å². The monoisotopic (exact) mass is 392 g/mol. The summed E-state index contributed by atoms with van der Waals surface area (Å²) >= 11 is 1.88. The summed E-state index contributed by atoms with van der Waals surface area (Å²) < 4.78 is 0.240. The second-order valence-electron chi connectivity index (χ2n) is 3.95. The molecule has 0 saturated heterocycles. The van der Waals surface area contributed by atoms with Crippen molar-refractivity contribution in [2.45, 2.75) is 13.0 Å². The number of carbonyl (C=O) groups excluding carboxylic acids is 2. The molecule has 1 aromatic carbocycles. The lowest BCUT2D eigenvalue weighted by atomic mass is 10.1. The average Bonchev–Trinajstić information content (AvgIpc) is 2.37. The third kappa shape index (κ3) is 4.37. The van der Waals surface area contributed by atoms with Gasteiger partial charge in [-0.3, -0.25) is 9.59 Å². The van der Waals surface area contributed by atoms with Gasteiger partial charge in [-0.25, -0.2) is 4.79 Å². The van der Waals surface area contributed by atoms with Crippen LogP contribution in [-0.2, 0) is 9.59 Å². The van der Waals surface area contributed by atoms with Crippen molar-refractivity contribution in [3.63, 3.8) is 0 Å². The van der Waals surface area contributed by atoms with E-state index >= 15 is 0 Å². The third-order valence-electron chi connectivity index (χ3n) is 2.39. The average molecular weight is 392 g/mol. The van der Waals surface area contributed by atoms with Crippen molar-refractivity contribution >= 4 is 46.1 Å². The fraction of sp³-hybridized carbons (Fsp3) is 0.250. The lowest BCUT2D eigenvalue weighted by Crippen LogP contribution is -2.42. The van der Waals surface area contributed by atoms with Crippen molar-refractivity contribution in [2.24, 2.45) is 0 Å². The summed E-state index contributed by atoms with van der Waals surface area (Å²) in [6.07, 6.45) is 0. The largest absolute Gasteiger partial charge is 0.507 e. The minimum Gasteiger partial charge on any atom is -0.507 e. The van der Waals surface area contributed by atoms with Gasteiger partial charge in [-0.2, -0.15) is 0 Å². The van der Waals surface area contributed by atoms with E-state index in [1.165, 1.54) is 19.1 Å². The van der Waals surface area contributed by atoms with E-state index in [1.54, 1.807) is 0 Å². The maximum atomic E-state index is 11.8. The minimum atomic E-state index is -1.26. The van der Waals surface area contributed by atoms with Crippen LogP contribution in [0.15, 0.2) is 18.2 Å². The third-order valence-corrected chi connectivity index (χ3v) is 3.08. The van der Waals surface area contributed by atoms with Crippen LogP contribution in [0, 0.1) is 0 Å². The molecule has 0 aliphatic carbocycles. The predicted molar refractivity (Wildman–Crippen MR) is 80.2 cm³/mol. The molecular formula is C12H13IN2O5. The van der Waals surface area contributed by atoms with Gasteiger partial charge in [0, 0.05) is 11.8 Å². The number of anilines is 1. The van der Waals surface area contributed by atoms with Crippen LogP contribution in [0.3, 0.4) is 0 Å². The maximum Gasteiger partial charge on any atom is 0.339 e. The molecule has 0 aliphatic heterocycles. The standard InChI is InChI=1S/C12H13IN2O5/c1-6(14-10(17)5-13)11(18)15-7-2-3-8(12(19)20)9(16)4-7/h2-4,6,16H,5H2,1H3,(H,14,17)(H,15,18)(H,19,20). The molecule has 0 radical (unpaired) electrons. The number of alkyl halides is 1. The Balaban J connectivity index is 2.73. The minimum absolute atomic E-state index is 0.240. The molecule has 0 saturated carbocycles. The summed E-state index contributed by atoms with van der Waals surface area (Å²) in [6.45, 7) is 1.52. The first-order valence-electron chi connectivity index (χ1n) is 5.57. The molecule has 2 amide bonds. The van der Waals surface area contributed by atoms with Gasteiger partial charge in [0.05, 0.1) is 4.43 Å². The molecule has 0 bridgehead atoms. The molecule has 8 heteroatoms. The van der Waals surface area contributed by atoms with Gasteiger partial charge in [0.2, 0.25) is 11.8 Å². The highest BCUT2D eigenvalue weighted by Crippen LogP contribution is 2.21. The Bertz CT molecular complexity index is 547. The number of nitrogens with one attached hydrogen (secondary N) is 2. The highest BCUT2D eigenvalue weighted by atomic mass is 127. The number of benzene rings is 1.